The second kappa shape index (κ2) is 7.38. The average molecular weight is 465 g/mol. The third-order valence-electron chi connectivity index (χ3n) is 7.50. The van der Waals surface area contributed by atoms with E-state index in [4.69, 9.17) is 9.26 Å². The molecule has 0 saturated carbocycles. The van der Waals surface area contributed by atoms with Crippen LogP contribution < -0.4 is 5.32 Å². The standard InChI is InChI=1S/C24H24FN5O4/c1-13-15(14-3-6-19(31)29-22(14)32)9-16-18(28-13)5-4-17(21(16)25)24-7-8-30(11-23(24,2)34-24)10-20-26-12-27-33-20/h4-5,9,12,14H,3,6-8,10-11H2,1-2H3,(H,29,31,32). The molecule has 0 bridgehead atoms. The molecule has 0 radical (unpaired) electrons. The summed E-state index contributed by atoms with van der Waals surface area (Å²) in [6, 6.07) is 5.31. The molecule has 3 saturated heterocycles. The van der Waals surface area contributed by atoms with Gasteiger partial charge in [-0.15, -0.1) is 0 Å². The van der Waals surface area contributed by atoms with Crippen LogP contribution in [0.2, 0.25) is 0 Å². The van der Waals surface area contributed by atoms with E-state index in [1.807, 2.05) is 19.9 Å². The summed E-state index contributed by atoms with van der Waals surface area (Å²) < 4.78 is 27.4. The van der Waals surface area contributed by atoms with E-state index >= 15 is 4.39 Å². The number of piperidine rings is 2. The number of aryl methyl sites for hydroxylation is 1. The zero-order valence-electron chi connectivity index (χ0n) is 18.9. The Morgan fingerprint density at radius 3 is 2.91 bits per heavy atom. The van der Waals surface area contributed by atoms with Crippen molar-refractivity contribution in [3.8, 4) is 0 Å². The van der Waals surface area contributed by atoms with Crippen LogP contribution in [0, 0.1) is 12.7 Å². The van der Waals surface area contributed by atoms with Crippen LogP contribution in [0.25, 0.3) is 10.9 Å². The van der Waals surface area contributed by atoms with Gasteiger partial charge in [-0.1, -0.05) is 11.2 Å². The molecule has 2 aromatic heterocycles. The average Bonchev–Trinajstić information content (AvgIpc) is 3.11. The van der Waals surface area contributed by atoms with Gasteiger partial charge in [0.15, 0.2) is 6.33 Å². The second-order valence-corrected chi connectivity index (χ2v) is 9.62. The van der Waals surface area contributed by atoms with Crippen molar-refractivity contribution < 1.29 is 23.2 Å². The van der Waals surface area contributed by atoms with E-state index in [2.05, 4.69) is 25.3 Å². The highest BCUT2D eigenvalue weighted by atomic mass is 19.1. The summed E-state index contributed by atoms with van der Waals surface area (Å²) >= 11 is 0. The summed E-state index contributed by atoms with van der Waals surface area (Å²) in [6.07, 6.45) is 2.65. The second-order valence-electron chi connectivity index (χ2n) is 9.62. The first-order valence-electron chi connectivity index (χ1n) is 11.4. The first-order chi connectivity index (χ1) is 16.3. The molecule has 3 fully saturated rings. The summed E-state index contributed by atoms with van der Waals surface area (Å²) in [6.45, 7) is 5.64. The lowest BCUT2D eigenvalue weighted by molar-refractivity contribution is -0.134. The maximum Gasteiger partial charge on any atom is 0.240 e. The van der Waals surface area contributed by atoms with Gasteiger partial charge in [0, 0.05) is 36.2 Å². The Bertz CT molecular complexity index is 1330. The Labute approximate surface area is 194 Å². The minimum absolute atomic E-state index is 0.256. The number of benzene rings is 1. The van der Waals surface area contributed by atoms with E-state index in [9.17, 15) is 9.59 Å². The SMILES string of the molecule is Cc1nc2ccc(C34CCN(Cc5ncno5)CC3(C)O4)c(F)c2cc1C1CCC(=O)NC1=O. The fraction of sp³-hybridized carbons (Fsp3) is 0.458. The number of hydrogen-bond acceptors (Lipinski definition) is 8. The number of halogens is 1. The molecular weight excluding hydrogens is 441 g/mol. The summed E-state index contributed by atoms with van der Waals surface area (Å²) in [5, 5.41) is 6.39. The van der Waals surface area contributed by atoms with E-state index in [1.54, 1.807) is 12.1 Å². The van der Waals surface area contributed by atoms with Gasteiger partial charge in [0.1, 0.15) is 17.0 Å². The maximum atomic E-state index is 16.0. The number of rotatable bonds is 4. The summed E-state index contributed by atoms with van der Waals surface area (Å²) in [5.41, 5.74) is 1.11. The van der Waals surface area contributed by atoms with Gasteiger partial charge in [0.05, 0.1) is 18.0 Å². The molecule has 3 aliphatic rings. The molecule has 34 heavy (non-hydrogen) atoms. The lowest BCUT2D eigenvalue weighted by Gasteiger charge is -2.32. The molecule has 5 heterocycles. The number of ether oxygens (including phenoxy) is 1. The molecule has 3 unspecified atom stereocenters. The van der Waals surface area contributed by atoms with Gasteiger partial charge in [-0.2, -0.15) is 4.98 Å². The molecule has 0 aliphatic carbocycles. The number of pyridine rings is 1. The number of likely N-dealkylation sites (tertiary alicyclic amines) is 1. The fourth-order valence-electron chi connectivity index (χ4n) is 5.70. The van der Waals surface area contributed by atoms with E-state index in [1.165, 1.54) is 6.33 Å². The topological polar surface area (TPSA) is 114 Å². The maximum absolute atomic E-state index is 16.0. The molecule has 1 aromatic carbocycles. The summed E-state index contributed by atoms with van der Waals surface area (Å²) in [7, 11) is 0. The Kier molecular flexibility index (Phi) is 4.62. The summed E-state index contributed by atoms with van der Waals surface area (Å²) in [4.78, 5) is 34.8. The number of imide groups is 1. The number of fused-ring (bicyclic) bond motifs is 2. The molecule has 0 spiro atoms. The molecule has 2 amide bonds. The van der Waals surface area contributed by atoms with Gasteiger partial charge in [-0.25, -0.2) is 4.39 Å². The third kappa shape index (κ3) is 3.16. The predicted octanol–water partition coefficient (Wildman–Crippen LogP) is 2.48. The van der Waals surface area contributed by atoms with Crippen LogP contribution in [0.4, 0.5) is 4.39 Å². The highest BCUT2D eigenvalue weighted by Gasteiger charge is 2.70. The number of epoxide rings is 1. The van der Waals surface area contributed by atoms with E-state index in [0.29, 0.717) is 66.1 Å². The number of carbonyl (C=O) groups is 2. The van der Waals surface area contributed by atoms with Gasteiger partial charge >= 0.3 is 0 Å². The molecule has 1 N–H and O–H groups in total. The Morgan fingerprint density at radius 2 is 2.18 bits per heavy atom. The quantitative estimate of drug-likeness (QED) is 0.462. The molecule has 3 atom stereocenters. The van der Waals surface area contributed by atoms with Crippen LogP contribution in [0.1, 0.15) is 54.8 Å². The number of aromatic nitrogens is 3. The van der Waals surface area contributed by atoms with Gasteiger partial charge < -0.3 is 9.26 Å². The number of nitrogens with one attached hydrogen (secondary N) is 1. The third-order valence-corrected chi connectivity index (χ3v) is 7.50. The molecule has 10 heteroatoms. The lowest BCUT2D eigenvalue weighted by atomic mass is 9.80. The van der Waals surface area contributed by atoms with Crippen LogP contribution in [0.5, 0.6) is 0 Å². The summed E-state index contributed by atoms with van der Waals surface area (Å²) in [5.74, 6) is -0.993. The van der Waals surface area contributed by atoms with Crippen molar-refractivity contribution in [2.75, 3.05) is 13.1 Å². The van der Waals surface area contributed by atoms with Crippen LogP contribution >= 0.6 is 0 Å². The van der Waals surface area contributed by atoms with Gasteiger partial charge in [-0.05, 0) is 44.4 Å². The molecule has 176 valence electrons. The van der Waals surface area contributed by atoms with E-state index in [-0.39, 0.29) is 24.1 Å². The van der Waals surface area contributed by atoms with Crippen LogP contribution in [0.3, 0.4) is 0 Å². The molecule has 6 rings (SSSR count). The van der Waals surface area contributed by atoms with Crippen molar-refractivity contribution in [3.05, 3.63) is 53.1 Å². The minimum Gasteiger partial charge on any atom is -0.356 e. The van der Waals surface area contributed by atoms with Crippen LogP contribution in [-0.4, -0.2) is 50.5 Å². The Balaban J connectivity index is 1.33. The highest BCUT2D eigenvalue weighted by Crippen LogP contribution is 2.61. The van der Waals surface area contributed by atoms with E-state index in [0.717, 1.165) is 0 Å². The Morgan fingerprint density at radius 1 is 1.32 bits per heavy atom. The first-order valence-corrected chi connectivity index (χ1v) is 11.4. The monoisotopic (exact) mass is 465 g/mol. The normalized spacial score (nSPS) is 29.2. The van der Waals surface area contributed by atoms with Crippen molar-refractivity contribution >= 4 is 22.7 Å². The van der Waals surface area contributed by atoms with Crippen LogP contribution in [-0.2, 0) is 26.5 Å². The van der Waals surface area contributed by atoms with Gasteiger partial charge in [0.25, 0.3) is 0 Å². The predicted molar refractivity (Wildman–Crippen MR) is 117 cm³/mol. The largest absolute Gasteiger partial charge is 0.356 e. The molecule has 9 nitrogen and oxygen atoms in total. The number of carbonyl (C=O) groups excluding carboxylic acids is 2. The Hall–Kier alpha value is -3.24. The van der Waals surface area contributed by atoms with Crippen molar-refractivity contribution in [3.63, 3.8) is 0 Å². The van der Waals surface area contributed by atoms with Gasteiger partial charge in [-0.3, -0.25) is 24.8 Å². The number of amides is 2. The smallest absolute Gasteiger partial charge is 0.240 e. The molecule has 3 aliphatic heterocycles. The lowest BCUT2D eigenvalue weighted by Crippen LogP contribution is -2.44. The number of nitrogens with zero attached hydrogens (tertiary/aromatic N) is 4. The van der Waals surface area contributed by atoms with Crippen molar-refractivity contribution in [2.24, 2.45) is 0 Å². The van der Waals surface area contributed by atoms with E-state index < -0.39 is 17.1 Å². The minimum atomic E-state index is -0.712. The van der Waals surface area contributed by atoms with Gasteiger partial charge in [0.2, 0.25) is 17.7 Å². The van der Waals surface area contributed by atoms with Crippen molar-refractivity contribution in [1.82, 2.24) is 25.3 Å². The van der Waals surface area contributed by atoms with Crippen molar-refractivity contribution in [2.45, 2.75) is 56.8 Å². The highest BCUT2D eigenvalue weighted by molar-refractivity contribution is 6.01. The zero-order valence-corrected chi connectivity index (χ0v) is 18.9. The molecular formula is C24H24FN5O4. The zero-order chi connectivity index (χ0) is 23.7. The van der Waals surface area contributed by atoms with Crippen LogP contribution in [0.15, 0.2) is 29.0 Å². The molecule has 3 aromatic rings. The van der Waals surface area contributed by atoms with Crippen molar-refractivity contribution in [1.29, 1.82) is 0 Å². The first kappa shape index (κ1) is 21.3. The fourth-order valence-corrected chi connectivity index (χ4v) is 5.70. The number of hydrogen-bond donors (Lipinski definition) is 1.